The van der Waals surface area contributed by atoms with E-state index in [1.165, 1.54) is 14.2 Å². The summed E-state index contributed by atoms with van der Waals surface area (Å²) in [5.74, 6) is -0.0639. The Labute approximate surface area is 161 Å². The lowest BCUT2D eigenvalue weighted by Gasteiger charge is -2.13. The number of hydrogen-bond donors (Lipinski definition) is 1. The maximum Gasteiger partial charge on any atom is 0.259 e. The number of allylic oxidation sites excluding steroid dienone is 1. The summed E-state index contributed by atoms with van der Waals surface area (Å²) in [7, 11) is 2.99. The first-order valence-electron chi connectivity index (χ1n) is 8.06. The van der Waals surface area contributed by atoms with Gasteiger partial charge in [0.25, 0.3) is 11.8 Å². The third-order valence-electron chi connectivity index (χ3n) is 4.23. The van der Waals surface area contributed by atoms with Gasteiger partial charge in [-0.2, -0.15) is 0 Å². The first kappa shape index (κ1) is 18.7. The van der Waals surface area contributed by atoms with Crippen molar-refractivity contribution in [3.8, 4) is 11.5 Å². The molecule has 2 heterocycles. The molecule has 2 aromatic rings. The third kappa shape index (κ3) is 3.57. The highest BCUT2D eigenvalue weighted by Gasteiger charge is 2.32. The van der Waals surface area contributed by atoms with E-state index in [4.69, 9.17) is 21.1 Å². The fourth-order valence-electron chi connectivity index (χ4n) is 2.88. The molecule has 0 aliphatic carbocycles. The zero-order valence-corrected chi connectivity index (χ0v) is 15.8. The minimum atomic E-state index is -0.455. The molecule has 138 valence electrons. The van der Waals surface area contributed by atoms with Crippen LogP contribution < -0.4 is 14.8 Å². The Morgan fingerprint density at radius 2 is 1.81 bits per heavy atom. The Morgan fingerprint density at radius 1 is 1.11 bits per heavy atom. The van der Waals surface area contributed by atoms with Gasteiger partial charge in [0.05, 0.1) is 30.4 Å². The van der Waals surface area contributed by atoms with Gasteiger partial charge in [0.1, 0.15) is 0 Å². The summed E-state index contributed by atoms with van der Waals surface area (Å²) < 4.78 is 10.6. The number of halogens is 1. The number of pyridine rings is 1. The lowest BCUT2D eigenvalue weighted by atomic mass is 9.95. The molecule has 1 fully saturated rings. The molecule has 0 saturated carbocycles. The van der Waals surface area contributed by atoms with Crippen molar-refractivity contribution in [1.82, 2.24) is 10.3 Å². The predicted octanol–water partition coefficient (Wildman–Crippen LogP) is 3.27. The Hall–Kier alpha value is -3.12. The van der Waals surface area contributed by atoms with Crippen molar-refractivity contribution < 1.29 is 19.1 Å². The number of aromatic nitrogens is 1. The molecule has 27 heavy (non-hydrogen) atoms. The average molecular weight is 385 g/mol. The molecule has 0 bridgehead atoms. The molecule has 2 amide bonds. The zero-order valence-electron chi connectivity index (χ0n) is 15.0. The summed E-state index contributed by atoms with van der Waals surface area (Å²) in [5.41, 5.74) is 2.59. The second-order valence-electron chi connectivity index (χ2n) is 5.82. The van der Waals surface area contributed by atoms with E-state index in [1.807, 2.05) is 0 Å². The van der Waals surface area contributed by atoms with Gasteiger partial charge in [0, 0.05) is 12.4 Å². The van der Waals surface area contributed by atoms with Crippen molar-refractivity contribution in [3.05, 3.63) is 64.0 Å². The van der Waals surface area contributed by atoms with Crippen LogP contribution in [0.25, 0.3) is 11.6 Å². The molecular formula is C20H17ClN2O4. The van der Waals surface area contributed by atoms with Gasteiger partial charge in [-0.05, 0) is 54.0 Å². The number of imide groups is 1. The number of carbonyl (C=O) groups excluding carboxylic acids is 2. The molecule has 0 unspecified atom stereocenters. The predicted molar refractivity (Wildman–Crippen MR) is 103 cm³/mol. The van der Waals surface area contributed by atoms with E-state index >= 15 is 0 Å². The van der Waals surface area contributed by atoms with Crippen molar-refractivity contribution in [2.45, 2.75) is 6.92 Å². The number of hydrogen-bond acceptors (Lipinski definition) is 5. The lowest BCUT2D eigenvalue weighted by molar-refractivity contribution is -0.123. The molecule has 6 nitrogen and oxygen atoms in total. The Bertz CT molecular complexity index is 981. The number of nitrogens with zero attached hydrogens (tertiary/aromatic N) is 1. The summed E-state index contributed by atoms with van der Waals surface area (Å²) >= 11 is 6.28. The van der Waals surface area contributed by atoms with Crippen molar-refractivity contribution in [1.29, 1.82) is 0 Å². The minimum Gasteiger partial charge on any atom is -0.493 e. The van der Waals surface area contributed by atoms with Crippen LogP contribution in [0.5, 0.6) is 11.5 Å². The van der Waals surface area contributed by atoms with Crippen LogP contribution >= 0.6 is 11.6 Å². The summed E-state index contributed by atoms with van der Waals surface area (Å²) in [4.78, 5) is 28.7. The summed E-state index contributed by atoms with van der Waals surface area (Å²) in [6.07, 6.45) is 4.89. The highest BCUT2D eigenvalue weighted by molar-refractivity contribution is 6.33. The molecule has 1 N–H and O–H groups in total. The second kappa shape index (κ2) is 7.63. The topological polar surface area (TPSA) is 77.5 Å². The van der Waals surface area contributed by atoms with Crippen LogP contribution in [0.3, 0.4) is 0 Å². The maximum absolute atomic E-state index is 12.4. The second-order valence-corrected chi connectivity index (χ2v) is 6.22. The number of methoxy groups -OCH3 is 2. The van der Waals surface area contributed by atoms with Crippen LogP contribution in [0.2, 0.25) is 5.02 Å². The van der Waals surface area contributed by atoms with E-state index in [2.05, 4.69) is 10.3 Å². The molecule has 3 rings (SSSR count). The van der Waals surface area contributed by atoms with E-state index in [0.29, 0.717) is 33.2 Å². The van der Waals surface area contributed by atoms with Crippen molar-refractivity contribution in [2.75, 3.05) is 14.2 Å². The van der Waals surface area contributed by atoms with Gasteiger partial charge in [-0.3, -0.25) is 19.9 Å². The van der Waals surface area contributed by atoms with Crippen LogP contribution in [0.4, 0.5) is 0 Å². The fourth-order valence-corrected chi connectivity index (χ4v) is 3.17. The maximum atomic E-state index is 12.4. The Morgan fingerprint density at radius 3 is 2.44 bits per heavy atom. The first-order valence-corrected chi connectivity index (χ1v) is 8.44. The van der Waals surface area contributed by atoms with Gasteiger partial charge in [-0.15, -0.1) is 0 Å². The summed E-state index contributed by atoms with van der Waals surface area (Å²) in [6, 6.07) is 6.89. The largest absolute Gasteiger partial charge is 0.493 e. The van der Waals surface area contributed by atoms with Gasteiger partial charge in [-0.25, -0.2) is 0 Å². The first-order chi connectivity index (χ1) is 13.0. The number of carbonyl (C=O) groups is 2. The van der Waals surface area contributed by atoms with Gasteiger partial charge < -0.3 is 9.47 Å². The van der Waals surface area contributed by atoms with Crippen LogP contribution in [0, 0.1) is 0 Å². The minimum absolute atomic E-state index is 0.287. The molecule has 1 aromatic heterocycles. The lowest BCUT2D eigenvalue weighted by Crippen LogP contribution is -2.20. The number of benzene rings is 1. The molecule has 1 saturated heterocycles. The quantitative estimate of drug-likeness (QED) is 0.646. The highest BCUT2D eigenvalue weighted by Crippen LogP contribution is 2.39. The molecular weight excluding hydrogens is 368 g/mol. The smallest absolute Gasteiger partial charge is 0.259 e. The number of rotatable bonds is 4. The number of amides is 2. The summed E-state index contributed by atoms with van der Waals surface area (Å²) in [6.45, 7) is 1.76. The number of nitrogens with one attached hydrogen (secondary N) is 1. The van der Waals surface area contributed by atoms with Crippen molar-refractivity contribution >= 4 is 35.1 Å². The Kier molecular flexibility index (Phi) is 5.28. The van der Waals surface area contributed by atoms with Gasteiger partial charge in [-0.1, -0.05) is 11.6 Å². The van der Waals surface area contributed by atoms with E-state index < -0.39 is 11.8 Å². The van der Waals surface area contributed by atoms with E-state index in [1.54, 1.807) is 49.7 Å². The standard InChI is InChI=1S/C20H17ClN2O4/c1-11(13-9-15(21)18(27-3)16(10-13)26-2)17-14(19(24)23-20(17)25)8-12-4-6-22-7-5-12/h4-10H,1-3H3,(H,23,24,25). The molecule has 0 atom stereocenters. The van der Waals surface area contributed by atoms with Gasteiger partial charge in [0.15, 0.2) is 11.5 Å². The molecule has 1 aliphatic rings. The number of ether oxygens (including phenoxy) is 2. The molecule has 0 radical (unpaired) electrons. The van der Waals surface area contributed by atoms with Crippen molar-refractivity contribution in [3.63, 3.8) is 0 Å². The van der Waals surface area contributed by atoms with Crippen LogP contribution in [-0.4, -0.2) is 31.0 Å². The monoisotopic (exact) mass is 384 g/mol. The Balaban J connectivity index is 2.17. The van der Waals surface area contributed by atoms with E-state index in [0.717, 1.165) is 5.56 Å². The van der Waals surface area contributed by atoms with Crippen molar-refractivity contribution in [2.24, 2.45) is 0 Å². The van der Waals surface area contributed by atoms with E-state index in [-0.39, 0.29) is 5.57 Å². The van der Waals surface area contributed by atoms with E-state index in [9.17, 15) is 9.59 Å². The normalized spacial score (nSPS) is 17.1. The SMILES string of the molecule is COc1cc(C(C)=C2C(=O)NC(=O)C2=Cc2ccncc2)cc(Cl)c1OC. The molecule has 0 spiro atoms. The van der Waals surface area contributed by atoms with Crippen LogP contribution in [0.15, 0.2) is 47.8 Å². The highest BCUT2D eigenvalue weighted by atomic mass is 35.5. The van der Waals surface area contributed by atoms with Crippen LogP contribution in [0.1, 0.15) is 18.1 Å². The third-order valence-corrected chi connectivity index (χ3v) is 4.51. The zero-order chi connectivity index (χ0) is 19.6. The molecule has 1 aromatic carbocycles. The van der Waals surface area contributed by atoms with Gasteiger partial charge in [0.2, 0.25) is 0 Å². The van der Waals surface area contributed by atoms with Gasteiger partial charge >= 0.3 is 0 Å². The fraction of sp³-hybridized carbons (Fsp3) is 0.150. The summed E-state index contributed by atoms with van der Waals surface area (Å²) in [5, 5.41) is 2.69. The average Bonchev–Trinajstić information content (AvgIpc) is 2.94. The molecule has 1 aliphatic heterocycles. The molecule has 7 heteroatoms. The van der Waals surface area contributed by atoms with Crippen LogP contribution in [-0.2, 0) is 9.59 Å².